The Bertz CT molecular complexity index is 668. The van der Waals surface area contributed by atoms with Gasteiger partial charge in [-0.25, -0.2) is 0 Å². The van der Waals surface area contributed by atoms with Crippen LogP contribution in [0.4, 0.5) is 0 Å². The molecule has 1 N–H and O–H groups in total. The lowest BCUT2D eigenvalue weighted by atomic mass is 9.93. The molecule has 0 spiro atoms. The molecule has 3 aliphatic rings. The van der Waals surface area contributed by atoms with Crippen molar-refractivity contribution in [3.63, 3.8) is 0 Å². The van der Waals surface area contributed by atoms with E-state index in [2.05, 4.69) is 20.1 Å². The van der Waals surface area contributed by atoms with Crippen molar-refractivity contribution in [1.29, 1.82) is 0 Å². The Morgan fingerprint density at radius 2 is 1.89 bits per heavy atom. The number of hydrogen-bond donors (Lipinski definition) is 1. The monoisotopic (exact) mass is 384 g/mol. The lowest BCUT2D eigenvalue weighted by Crippen LogP contribution is -2.51. The van der Waals surface area contributed by atoms with Gasteiger partial charge in [-0.2, -0.15) is 0 Å². The van der Waals surface area contributed by atoms with Crippen LogP contribution in [-0.2, 0) is 16.1 Å². The highest BCUT2D eigenvalue weighted by atomic mass is 16.2. The minimum absolute atomic E-state index is 0.0620. The normalized spacial score (nSPS) is 24.1. The number of hydrogen-bond acceptors (Lipinski definition) is 4. The molecular formula is C22H32N4O2. The SMILES string of the molecule is O=C(NCc1ccccn1)[C@H]1CCCN(C2CCN(C(=O)CC3CC3)CC2)C1. The highest BCUT2D eigenvalue weighted by Crippen LogP contribution is 2.33. The predicted molar refractivity (Wildman–Crippen MR) is 107 cm³/mol. The number of amides is 2. The third-order valence-electron chi connectivity index (χ3n) is 6.49. The maximum absolute atomic E-state index is 12.6. The quantitative estimate of drug-likeness (QED) is 0.817. The molecule has 0 radical (unpaired) electrons. The third kappa shape index (κ3) is 5.10. The molecule has 2 aliphatic heterocycles. The fraction of sp³-hybridized carbons (Fsp3) is 0.682. The summed E-state index contributed by atoms with van der Waals surface area (Å²) in [6.07, 6.45) is 9.10. The predicted octanol–water partition coefficient (Wildman–Crippen LogP) is 2.20. The molecule has 0 unspecified atom stereocenters. The lowest BCUT2D eigenvalue weighted by molar-refractivity contribution is -0.133. The standard InChI is InChI=1S/C22H32N4O2/c27-21(14-17-6-7-17)25-12-8-20(9-13-25)26-11-3-4-18(16-26)22(28)24-15-19-5-1-2-10-23-19/h1-2,5,10,17-18,20H,3-4,6-9,11-16H2,(H,24,28)/t18-/m0/s1. The Labute approximate surface area is 167 Å². The zero-order valence-corrected chi connectivity index (χ0v) is 16.7. The van der Waals surface area contributed by atoms with Gasteiger partial charge in [0.05, 0.1) is 18.2 Å². The van der Waals surface area contributed by atoms with Crippen LogP contribution in [0.1, 0.15) is 50.6 Å². The molecule has 2 amide bonds. The summed E-state index contributed by atoms with van der Waals surface area (Å²) < 4.78 is 0. The van der Waals surface area contributed by atoms with Gasteiger partial charge in [0.1, 0.15) is 0 Å². The Morgan fingerprint density at radius 3 is 2.61 bits per heavy atom. The number of aromatic nitrogens is 1. The van der Waals surface area contributed by atoms with Crippen molar-refractivity contribution in [3.8, 4) is 0 Å². The van der Waals surface area contributed by atoms with E-state index in [0.29, 0.717) is 24.4 Å². The minimum Gasteiger partial charge on any atom is -0.350 e. The fourth-order valence-electron chi connectivity index (χ4n) is 4.56. The van der Waals surface area contributed by atoms with Crippen LogP contribution in [0.3, 0.4) is 0 Å². The second-order valence-corrected chi connectivity index (χ2v) is 8.63. The molecule has 1 saturated carbocycles. The Hall–Kier alpha value is -1.95. The average Bonchev–Trinajstić information content (AvgIpc) is 3.57. The highest BCUT2D eigenvalue weighted by molar-refractivity contribution is 5.79. The minimum atomic E-state index is 0.0620. The van der Waals surface area contributed by atoms with Gasteiger partial charge in [0.15, 0.2) is 0 Å². The van der Waals surface area contributed by atoms with E-state index in [1.165, 1.54) is 12.8 Å². The van der Waals surface area contributed by atoms with Gasteiger partial charge in [0.2, 0.25) is 11.8 Å². The molecule has 1 atom stereocenters. The van der Waals surface area contributed by atoms with Crippen LogP contribution in [0.25, 0.3) is 0 Å². The third-order valence-corrected chi connectivity index (χ3v) is 6.49. The first kappa shape index (κ1) is 19.4. The van der Waals surface area contributed by atoms with Crippen LogP contribution in [-0.4, -0.2) is 58.8 Å². The topological polar surface area (TPSA) is 65.5 Å². The average molecular weight is 385 g/mol. The largest absolute Gasteiger partial charge is 0.350 e. The second-order valence-electron chi connectivity index (χ2n) is 8.63. The Morgan fingerprint density at radius 1 is 1.07 bits per heavy atom. The molecular weight excluding hydrogens is 352 g/mol. The van der Waals surface area contributed by atoms with Crippen LogP contribution >= 0.6 is 0 Å². The summed E-state index contributed by atoms with van der Waals surface area (Å²) in [5, 5.41) is 3.06. The molecule has 3 fully saturated rings. The van der Waals surface area contributed by atoms with Crippen LogP contribution < -0.4 is 5.32 Å². The van der Waals surface area contributed by atoms with Crippen molar-refractivity contribution in [2.24, 2.45) is 11.8 Å². The molecule has 28 heavy (non-hydrogen) atoms. The van der Waals surface area contributed by atoms with Gasteiger partial charge in [-0.3, -0.25) is 19.5 Å². The molecule has 2 saturated heterocycles. The van der Waals surface area contributed by atoms with Crippen LogP contribution in [0.2, 0.25) is 0 Å². The molecule has 6 heteroatoms. The number of piperidine rings is 2. The Balaban J connectivity index is 1.22. The van der Waals surface area contributed by atoms with Gasteiger partial charge in [0, 0.05) is 38.3 Å². The maximum atomic E-state index is 12.6. The first-order chi connectivity index (χ1) is 13.7. The molecule has 152 valence electrons. The summed E-state index contributed by atoms with van der Waals surface area (Å²) in [7, 11) is 0. The number of carbonyl (C=O) groups excluding carboxylic acids is 2. The molecule has 1 aromatic heterocycles. The van der Waals surface area contributed by atoms with E-state index >= 15 is 0 Å². The molecule has 0 bridgehead atoms. The van der Waals surface area contributed by atoms with E-state index in [-0.39, 0.29) is 11.8 Å². The van der Waals surface area contributed by atoms with E-state index < -0.39 is 0 Å². The zero-order chi connectivity index (χ0) is 19.3. The van der Waals surface area contributed by atoms with Crippen molar-refractivity contribution in [2.45, 2.75) is 57.5 Å². The van der Waals surface area contributed by atoms with Gasteiger partial charge in [-0.1, -0.05) is 6.07 Å². The number of nitrogens with zero attached hydrogens (tertiary/aromatic N) is 3. The summed E-state index contributed by atoms with van der Waals surface area (Å²) in [6, 6.07) is 6.27. The van der Waals surface area contributed by atoms with Gasteiger partial charge in [0.25, 0.3) is 0 Å². The molecule has 1 aliphatic carbocycles. The first-order valence-corrected chi connectivity index (χ1v) is 10.9. The number of pyridine rings is 1. The Kier molecular flexibility index (Phi) is 6.25. The van der Waals surface area contributed by atoms with Gasteiger partial charge < -0.3 is 10.2 Å². The van der Waals surface area contributed by atoms with Gasteiger partial charge in [-0.15, -0.1) is 0 Å². The molecule has 3 heterocycles. The van der Waals surface area contributed by atoms with E-state index in [1.807, 2.05) is 18.2 Å². The summed E-state index contributed by atoms with van der Waals surface area (Å²) in [5.74, 6) is 1.23. The van der Waals surface area contributed by atoms with Crippen LogP contribution in [0.15, 0.2) is 24.4 Å². The zero-order valence-electron chi connectivity index (χ0n) is 16.7. The summed E-state index contributed by atoms with van der Waals surface area (Å²) in [6.45, 7) is 4.17. The number of rotatable bonds is 6. The first-order valence-electron chi connectivity index (χ1n) is 10.9. The second kappa shape index (κ2) is 9.03. The van der Waals surface area contributed by atoms with Crippen molar-refractivity contribution in [3.05, 3.63) is 30.1 Å². The summed E-state index contributed by atoms with van der Waals surface area (Å²) >= 11 is 0. The lowest BCUT2D eigenvalue weighted by Gasteiger charge is -2.42. The fourth-order valence-corrected chi connectivity index (χ4v) is 4.56. The highest BCUT2D eigenvalue weighted by Gasteiger charge is 2.33. The number of nitrogens with one attached hydrogen (secondary N) is 1. The van der Waals surface area contributed by atoms with Crippen molar-refractivity contribution in [2.75, 3.05) is 26.2 Å². The van der Waals surface area contributed by atoms with E-state index in [0.717, 1.165) is 64.0 Å². The van der Waals surface area contributed by atoms with Crippen molar-refractivity contribution < 1.29 is 9.59 Å². The maximum Gasteiger partial charge on any atom is 0.224 e. The van der Waals surface area contributed by atoms with E-state index in [1.54, 1.807) is 6.20 Å². The van der Waals surface area contributed by atoms with Crippen molar-refractivity contribution >= 4 is 11.8 Å². The molecule has 0 aromatic carbocycles. The van der Waals surface area contributed by atoms with Gasteiger partial charge in [-0.05, 0) is 63.1 Å². The van der Waals surface area contributed by atoms with Crippen LogP contribution in [0.5, 0.6) is 0 Å². The summed E-state index contributed by atoms with van der Waals surface area (Å²) in [4.78, 5) is 33.8. The molecule has 6 nitrogen and oxygen atoms in total. The number of likely N-dealkylation sites (tertiary alicyclic amines) is 2. The number of carbonyl (C=O) groups is 2. The smallest absolute Gasteiger partial charge is 0.224 e. The van der Waals surface area contributed by atoms with Gasteiger partial charge >= 0.3 is 0 Å². The van der Waals surface area contributed by atoms with E-state index in [9.17, 15) is 9.59 Å². The molecule has 4 rings (SSSR count). The molecule has 1 aromatic rings. The summed E-state index contributed by atoms with van der Waals surface area (Å²) in [5.41, 5.74) is 0.895. The van der Waals surface area contributed by atoms with E-state index in [4.69, 9.17) is 0 Å². The van der Waals surface area contributed by atoms with Crippen LogP contribution in [0, 0.1) is 11.8 Å². The van der Waals surface area contributed by atoms with Crippen molar-refractivity contribution in [1.82, 2.24) is 20.1 Å².